The second kappa shape index (κ2) is 13.2. The molecule has 0 spiro atoms. The summed E-state index contributed by atoms with van der Waals surface area (Å²) in [7, 11) is 3.05. The van der Waals surface area contributed by atoms with Crippen molar-refractivity contribution in [1.82, 2.24) is 10.2 Å². The molecule has 0 aliphatic carbocycles. The second-order valence-electron chi connectivity index (χ2n) is 7.38. The number of carbonyl (C=O) groups is 2. The minimum absolute atomic E-state index is 0.0600. The Labute approximate surface area is 204 Å². The van der Waals surface area contributed by atoms with Crippen LogP contribution in [-0.2, 0) is 16.1 Å². The topological polar surface area (TPSA) is 77.1 Å². The molecule has 2 amide bonds. The summed E-state index contributed by atoms with van der Waals surface area (Å²) in [4.78, 5) is 27.3. The molecule has 33 heavy (non-hydrogen) atoms. The lowest BCUT2D eigenvalue weighted by Crippen LogP contribution is -2.49. The molecule has 0 bridgehead atoms. The van der Waals surface area contributed by atoms with Gasteiger partial charge in [-0.1, -0.05) is 42.6 Å². The van der Waals surface area contributed by atoms with E-state index >= 15 is 0 Å². The summed E-state index contributed by atoms with van der Waals surface area (Å²) in [5.41, 5.74) is 0.561. The molecule has 1 N–H and O–H groups in total. The molecule has 0 fully saturated rings. The van der Waals surface area contributed by atoms with E-state index in [1.54, 1.807) is 43.3 Å². The van der Waals surface area contributed by atoms with E-state index in [1.165, 1.54) is 19.1 Å². The first kappa shape index (κ1) is 26.6. The molecule has 7 nitrogen and oxygen atoms in total. The molecule has 2 aromatic carbocycles. The number of rotatable bonds is 12. The minimum atomic E-state index is -0.759. The zero-order chi connectivity index (χ0) is 24.4. The third-order valence-electron chi connectivity index (χ3n) is 5.07. The van der Waals surface area contributed by atoms with Gasteiger partial charge < -0.3 is 24.4 Å². The van der Waals surface area contributed by atoms with Gasteiger partial charge in [0.05, 0.1) is 14.2 Å². The Kier molecular flexibility index (Phi) is 10.6. The first-order valence-corrected chi connectivity index (χ1v) is 11.4. The van der Waals surface area contributed by atoms with Crippen molar-refractivity contribution in [3.8, 4) is 17.2 Å². The maximum absolute atomic E-state index is 13.2. The molecule has 180 valence electrons. The highest BCUT2D eigenvalue weighted by atomic mass is 35.5. The molecule has 0 aliphatic rings. The van der Waals surface area contributed by atoms with Crippen molar-refractivity contribution in [1.29, 1.82) is 0 Å². The Morgan fingerprint density at radius 2 is 1.61 bits per heavy atom. The van der Waals surface area contributed by atoms with Gasteiger partial charge in [-0.05, 0) is 25.5 Å². The van der Waals surface area contributed by atoms with Gasteiger partial charge in [0.2, 0.25) is 5.91 Å². The van der Waals surface area contributed by atoms with E-state index in [9.17, 15) is 9.59 Å². The third kappa shape index (κ3) is 7.72. The zero-order valence-corrected chi connectivity index (χ0v) is 20.8. The van der Waals surface area contributed by atoms with Crippen molar-refractivity contribution in [2.24, 2.45) is 0 Å². The Balaban J connectivity index is 2.22. The van der Waals surface area contributed by atoms with E-state index in [0.29, 0.717) is 39.4 Å². The molecule has 0 aliphatic heterocycles. The Morgan fingerprint density at radius 1 is 1.03 bits per heavy atom. The van der Waals surface area contributed by atoms with Gasteiger partial charge in [0.1, 0.15) is 23.3 Å². The van der Waals surface area contributed by atoms with Crippen LogP contribution in [0, 0.1) is 0 Å². The predicted molar refractivity (Wildman–Crippen MR) is 129 cm³/mol. The Morgan fingerprint density at radius 3 is 2.15 bits per heavy atom. The summed E-state index contributed by atoms with van der Waals surface area (Å²) in [6.07, 6.45) is 1.80. The van der Waals surface area contributed by atoms with Crippen LogP contribution in [0.1, 0.15) is 32.3 Å². The van der Waals surface area contributed by atoms with Gasteiger partial charge in [0.25, 0.3) is 5.91 Å². The number of carbonyl (C=O) groups excluding carboxylic acids is 2. The van der Waals surface area contributed by atoms with Gasteiger partial charge in [0.15, 0.2) is 6.61 Å². The van der Waals surface area contributed by atoms with Crippen LogP contribution in [0.5, 0.6) is 17.2 Å². The molecular weight excluding hydrogens is 467 g/mol. The average molecular weight is 497 g/mol. The lowest BCUT2D eigenvalue weighted by molar-refractivity contribution is -0.142. The first-order valence-electron chi connectivity index (χ1n) is 10.7. The van der Waals surface area contributed by atoms with Gasteiger partial charge in [-0.25, -0.2) is 0 Å². The quantitative estimate of drug-likeness (QED) is 0.430. The molecule has 2 aromatic rings. The summed E-state index contributed by atoms with van der Waals surface area (Å²) in [6.45, 7) is 4.00. The molecule has 0 radical (unpaired) electrons. The number of unbranched alkanes of at least 4 members (excludes halogenated alkanes) is 1. The fourth-order valence-electron chi connectivity index (χ4n) is 3.07. The fraction of sp³-hybridized carbons (Fsp3) is 0.417. The van der Waals surface area contributed by atoms with E-state index in [-0.39, 0.29) is 19.1 Å². The van der Waals surface area contributed by atoms with Gasteiger partial charge in [-0.3, -0.25) is 9.59 Å². The molecule has 0 aromatic heterocycles. The van der Waals surface area contributed by atoms with E-state index in [0.717, 1.165) is 12.8 Å². The van der Waals surface area contributed by atoms with Crippen molar-refractivity contribution in [2.75, 3.05) is 27.4 Å². The molecule has 1 atom stereocenters. The molecule has 0 unspecified atom stereocenters. The monoisotopic (exact) mass is 496 g/mol. The lowest BCUT2D eigenvalue weighted by atomic mass is 10.1. The van der Waals surface area contributed by atoms with E-state index in [2.05, 4.69) is 5.32 Å². The number of benzene rings is 2. The summed E-state index contributed by atoms with van der Waals surface area (Å²) < 4.78 is 16.2. The number of amides is 2. The van der Waals surface area contributed by atoms with Crippen LogP contribution >= 0.6 is 23.2 Å². The van der Waals surface area contributed by atoms with Crippen LogP contribution in [0.2, 0.25) is 10.0 Å². The molecule has 2 rings (SSSR count). The van der Waals surface area contributed by atoms with Crippen LogP contribution in [0.4, 0.5) is 0 Å². The largest absolute Gasteiger partial charge is 0.496 e. The maximum atomic E-state index is 13.2. The summed E-state index contributed by atoms with van der Waals surface area (Å²) in [5, 5.41) is 3.69. The average Bonchev–Trinajstić information content (AvgIpc) is 2.81. The van der Waals surface area contributed by atoms with Gasteiger partial charge in [-0.2, -0.15) is 0 Å². The SMILES string of the molecule is CCCCNC(=O)[C@@H](C)N(Cc1c(Cl)cccc1Cl)C(=O)COc1cc(OC)cc(OC)c1. The number of ether oxygens (including phenoxy) is 3. The highest BCUT2D eigenvalue weighted by molar-refractivity contribution is 6.36. The molecule has 0 saturated carbocycles. The van der Waals surface area contributed by atoms with E-state index in [4.69, 9.17) is 37.4 Å². The van der Waals surface area contributed by atoms with Gasteiger partial charge in [0, 0.05) is 46.9 Å². The highest BCUT2D eigenvalue weighted by Gasteiger charge is 2.27. The van der Waals surface area contributed by atoms with Crippen LogP contribution in [0.15, 0.2) is 36.4 Å². The van der Waals surface area contributed by atoms with E-state index in [1.807, 2.05) is 6.92 Å². The van der Waals surface area contributed by atoms with Crippen molar-refractivity contribution >= 4 is 35.0 Å². The number of halogens is 2. The number of methoxy groups -OCH3 is 2. The molecule has 9 heteroatoms. The Bertz CT molecular complexity index is 912. The molecular formula is C24H30Cl2N2O5. The van der Waals surface area contributed by atoms with Crippen molar-refractivity contribution in [3.63, 3.8) is 0 Å². The lowest BCUT2D eigenvalue weighted by Gasteiger charge is -2.29. The summed E-state index contributed by atoms with van der Waals surface area (Å²) >= 11 is 12.6. The Hall–Kier alpha value is -2.64. The van der Waals surface area contributed by atoms with Crippen molar-refractivity contribution in [3.05, 3.63) is 52.0 Å². The summed E-state index contributed by atoms with van der Waals surface area (Å²) in [6, 6.07) is 9.33. The normalized spacial score (nSPS) is 11.5. The number of hydrogen-bond acceptors (Lipinski definition) is 5. The predicted octanol–water partition coefficient (Wildman–Crippen LogP) is 4.72. The fourth-order valence-corrected chi connectivity index (χ4v) is 3.58. The first-order chi connectivity index (χ1) is 15.8. The standard InChI is InChI=1S/C24H30Cl2N2O5/c1-5-6-10-27-24(30)16(2)28(14-20-21(25)8-7-9-22(20)26)23(29)15-33-19-12-17(31-3)11-18(13-19)32-4/h7-9,11-13,16H,5-6,10,14-15H2,1-4H3,(H,27,30)/t16-/m1/s1. The van der Waals surface area contributed by atoms with Crippen LogP contribution in [-0.4, -0.2) is 50.1 Å². The van der Waals surface area contributed by atoms with Gasteiger partial charge >= 0.3 is 0 Å². The molecule has 0 heterocycles. The summed E-state index contributed by atoms with van der Waals surface area (Å²) in [5.74, 6) is 0.796. The second-order valence-corrected chi connectivity index (χ2v) is 8.19. The highest BCUT2D eigenvalue weighted by Crippen LogP contribution is 2.28. The van der Waals surface area contributed by atoms with Crippen molar-refractivity contribution in [2.45, 2.75) is 39.3 Å². The third-order valence-corrected chi connectivity index (χ3v) is 5.78. The van der Waals surface area contributed by atoms with Crippen LogP contribution in [0.3, 0.4) is 0 Å². The smallest absolute Gasteiger partial charge is 0.261 e. The van der Waals surface area contributed by atoms with Crippen LogP contribution < -0.4 is 19.5 Å². The van der Waals surface area contributed by atoms with E-state index < -0.39 is 11.9 Å². The number of nitrogens with zero attached hydrogens (tertiary/aromatic N) is 1. The zero-order valence-electron chi connectivity index (χ0n) is 19.3. The van der Waals surface area contributed by atoms with Crippen LogP contribution in [0.25, 0.3) is 0 Å². The number of hydrogen-bond donors (Lipinski definition) is 1. The van der Waals surface area contributed by atoms with Gasteiger partial charge in [-0.15, -0.1) is 0 Å². The molecule has 0 saturated heterocycles. The van der Waals surface area contributed by atoms with Crippen molar-refractivity contribution < 1.29 is 23.8 Å². The maximum Gasteiger partial charge on any atom is 0.261 e. The minimum Gasteiger partial charge on any atom is -0.496 e. The number of nitrogens with one attached hydrogen (secondary N) is 1.